The number of ether oxygens (including phenoxy) is 4. The molecule has 3 aromatic rings. The normalized spacial score (nSPS) is 32.3. The largest absolute Gasteiger partial charge is 0.507 e. The third-order valence-corrected chi connectivity index (χ3v) is 7.25. The van der Waals surface area contributed by atoms with Crippen LogP contribution in [0.2, 0.25) is 0 Å². The Morgan fingerprint density at radius 3 is 2.02 bits per heavy atom. The van der Waals surface area contributed by atoms with E-state index in [-0.39, 0.29) is 11.3 Å². The molecule has 2 fully saturated rings. The number of benzene rings is 2. The molecule has 0 amide bonds. The fraction of sp³-hybridized carbons (Fsp3) is 0.407. The summed E-state index contributed by atoms with van der Waals surface area (Å²) in [6, 6.07) is 5.17. The smallest absolute Gasteiger partial charge is 0.335 e. The van der Waals surface area contributed by atoms with Crippen molar-refractivity contribution in [3.05, 3.63) is 40.6 Å². The number of carboxylic acids is 1. The first-order chi connectivity index (χ1) is 20.7. The van der Waals surface area contributed by atoms with Crippen LogP contribution in [0.25, 0.3) is 22.3 Å². The first-order valence-electron chi connectivity index (χ1n) is 13.0. The summed E-state index contributed by atoms with van der Waals surface area (Å²) >= 11 is 0. The molecule has 17 nitrogen and oxygen atoms in total. The summed E-state index contributed by atoms with van der Waals surface area (Å²) in [6.45, 7) is 1.37. The van der Waals surface area contributed by atoms with Crippen LogP contribution in [0.1, 0.15) is 6.92 Å². The van der Waals surface area contributed by atoms with Crippen LogP contribution in [-0.4, -0.2) is 118 Å². The number of rotatable bonds is 6. The molecule has 17 heteroatoms. The minimum atomic E-state index is -1.99. The third-order valence-electron chi connectivity index (χ3n) is 7.25. The van der Waals surface area contributed by atoms with Gasteiger partial charge in [-0.2, -0.15) is 0 Å². The van der Waals surface area contributed by atoms with E-state index in [4.69, 9.17) is 23.4 Å². The van der Waals surface area contributed by atoms with Crippen LogP contribution in [0, 0.1) is 0 Å². The Morgan fingerprint density at radius 1 is 0.750 bits per heavy atom. The van der Waals surface area contributed by atoms with Crippen molar-refractivity contribution < 1.29 is 79.2 Å². The molecule has 3 heterocycles. The molecule has 0 bridgehead atoms. The van der Waals surface area contributed by atoms with Crippen molar-refractivity contribution in [3.8, 4) is 40.1 Å². The van der Waals surface area contributed by atoms with E-state index in [0.29, 0.717) is 0 Å². The van der Waals surface area contributed by atoms with Crippen molar-refractivity contribution in [1.82, 2.24) is 0 Å². The van der Waals surface area contributed by atoms with Gasteiger partial charge in [0, 0.05) is 17.7 Å². The van der Waals surface area contributed by atoms with Gasteiger partial charge in [-0.15, -0.1) is 0 Å². The van der Waals surface area contributed by atoms with Gasteiger partial charge >= 0.3 is 5.97 Å². The lowest BCUT2D eigenvalue weighted by atomic mass is 9.99. The van der Waals surface area contributed by atoms with Crippen molar-refractivity contribution in [2.24, 2.45) is 0 Å². The van der Waals surface area contributed by atoms with E-state index in [1.54, 1.807) is 0 Å². The molecule has 2 saturated heterocycles. The first-order valence-corrected chi connectivity index (χ1v) is 13.0. The summed E-state index contributed by atoms with van der Waals surface area (Å²) < 4.78 is 27.4. The predicted octanol–water partition coefficient (Wildman–Crippen LogP) is -1.95. The average molecular weight is 625 g/mol. The van der Waals surface area contributed by atoms with Gasteiger partial charge in [-0.25, -0.2) is 4.79 Å². The summed E-state index contributed by atoms with van der Waals surface area (Å²) in [5.74, 6) is -5.08. The molecule has 0 unspecified atom stereocenters. The summed E-state index contributed by atoms with van der Waals surface area (Å²) in [5, 5.41) is 100. The molecule has 2 aliphatic heterocycles. The second-order valence-electron chi connectivity index (χ2n) is 10.3. The second kappa shape index (κ2) is 11.7. The zero-order valence-corrected chi connectivity index (χ0v) is 22.5. The minimum absolute atomic E-state index is 0.0634. The zero-order chi connectivity index (χ0) is 32.2. The number of phenolic OH excluding ortho intramolecular Hbond substituents is 3. The van der Waals surface area contributed by atoms with E-state index >= 15 is 0 Å². The van der Waals surface area contributed by atoms with Crippen molar-refractivity contribution in [2.75, 3.05) is 0 Å². The van der Waals surface area contributed by atoms with Gasteiger partial charge in [0.2, 0.25) is 23.8 Å². The van der Waals surface area contributed by atoms with E-state index < -0.39 is 113 Å². The molecule has 2 aromatic carbocycles. The molecule has 1 aromatic heterocycles. The van der Waals surface area contributed by atoms with Gasteiger partial charge < -0.3 is 74.4 Å². The number of hydrogen-bond acceptors (Lipinski definition) is 16. The molecule has 238 valence electrons. The van der Waals surface area contributed by atoms with Crippen LogP contribution in [-0.2, 0) is 14.3 Å². The summed E-state index contributed by atoms with van der Waals surface area (Å²) in [7, 11) is 0. The Balaban J connectivity index is 1.60. The van der Waals surface area contributed by atoms with Crippen molar-refractivity contribution in [2.45, 2.75) is 68.3 Å². The van der Waals surface area contributed by atoms with Crippen molar-refractivity contribution >= 4 is 16.9 Å². The molecular formula is C27H28O17. The monoisotopic (exact) mass is 624 g/mol. The van der Waals surface area contributed by atoms with Crippen LogP contribution in [0.4, 0.5) is 0 Å². The van der Waals surface area contributed by atoms with E-state index in [9.17, 15) is 60.7 Å². The number of aliphatic hydroxyl groups excluding tert-OH is 6. The molecule has 0 aliphatic carbocycles. The molecule has 0 saturated carbocycles. The maximum absolute atomic E-state index is 13.7. The highest BCUT2D eigenvalue weighted by Gasteiger charge is 2.48. The van der Waals surface area contributed by atoms with Gasteiger partial charge in [0.25, 0.3) is 0 Å². The number of aromatic hydroxyl groups is 3. The van der Waals surface area contributed by atoms with Crippen molar-refractivity contribution in [3.63, 3.8) is 0 Å². The van der Waals surface area contributed by atoms with Gasteiger partial charge in [0.05, 0.1) is 6.10 Å². The molecule has 0 radical (unpaired) electrons. The summed E-state index contributed by atoms with van der Waals surface area (Å²) in [4.78, 5) is 25.1. The van der Waals surface area contributed by atoms with Gasteiger partial charge in [0.1, 0.15) is 59.1 Å². The lowest BCUT2D eigenvalue weighted by Crippen LogP contribution is -2.61. The topological polar surface area (TPSA) is 286 Å². The quantitative estimate of drug-likeness (QED) is 0.133. The molecule has 10 atom stereocenters. The second-order valence-corrected chi connectivity index (χ2v) is 10.3. The predicted molar refractivity (Wildman–Crippen MR) is 141 cm³/mol. The van der Waals surface area contributed by atoms with E-state index in [1.165, 1.54) is 13.0 Å². The van der Waals surface area contributed by atoms with Crippen LogP contribution in [0.3, 0.4) is 0 Å². The number of aliphatic carboxylic acids is 1. The van der Waals surface area contributed by atoms with Crippen LogP contribution >= 0.6 is 0 Å². The Hall–Kier alpha value is -4.20. The molecule has 10 N–H and O–H groups in total. The Labute approximate surface area is 245 Å². The fourth-order valence-corrected chi connectivity index (χ4v) is 4.80. The lowest BCUT2D eigenvalue weighted by Gasteiger charge is -2.38. The number of aliphatic hydroxyl groups is 6. The zero-order valence-electron chi connectivity index (χ0n) is 22.5. The number of carboxylic acid groups (broad SMARTS) is 1. The van der Waals surface area contributed by atoms with Gasteiger partial charge in [-0.05, 0) is 25.1 Å². The highest BCUT2D eigenvalue weighted by atomic mass is 16.7. The highest BCUT2D eigenvalue weighted by molar-refractivity contribution is 5.88. The van der Waals surface area contributed by atoms with Gasteiger partial charge in [-0.3, -0.25) is 4.79 Å². The standard InChI is InChI=1S/C27H28O17/c1-7-15(31)17(33)20(36)26(40-7)43-23-16(32)14-12(30)5-9(41-27-21(37)18(34)19(35)24(44-27)25(38)39)6-13(14)42-22(23)8-2-3-10(28)11(29)4-8/h2-7,15,17-21,24,26-31,33-37H,1H3,(H,38,39)/t7-,15-,17+,18+,19+,20+,21-,24+,26+,27-/m1/s1. The SMILES string of the molecule is C[C@H]1O[C@@H](Oc2c(-c3ccc(O)c(O)c3)oc3cc(O[C@@H]4O[C@H](C(=O)O)[C@@H](O)[C@H](O)[C@H]4O)cc(O)c3c2=O)[C@@H](O)[C@@H](O)[C@@H]1O. The van der Waals surface area contributed by atoms with E-state index in [2.05, 4.69) is 0 Å². The van der Waals surface area contributed by atoms with E-state index in [1.807, 2.05) is 0 Å². The van der Waals surface area contributed by atoms with Crippen LogP contribution in [0.15, 0.2) is 39.5 Å². The van der Waals surface area contributed by atoms with Gasteiger partial charge in [-0.1, -0.05) is 0 Å². The Morgan fingerprint density at radius 2 is 1.39 bits per heavy atom. The average Bonchev–Trinajstić information content (AvgIpc) is 2.97. The molecule has 44 heavy (non-hydrogen) atoms. The third kappa shape index (κ3) is 5.46. The molecule has 0 spiro atoms. The number of hydrogen-bond donors (Lipinski definition) is 10. The van der Waals surface area contributed by atoms with Crippen molar-refractivity contribution in [1.29, 1.82) is 0 Å². The number of phenols is 3. The molecular weight excluding hydrogens is 596 g/mol. The minimum Gasteiger partial charge on any atom is -0.507 e. The molecule has 2 aliphatic rings. The summed E-state index contributed by atoms with van der Waals surface area (Å²) in [5.41, 5.74) is -1.51. The summed E-state index contributed by atoms with van der Waals surface area (Å²) in [6.07, 6.45) is -17.7. The maximum Gasteiger partial charge on any atom is 0.335 e. The van der Waals surface area contributed by atoms with E-state index in [0.717, 1.165) is 24.3 Å². The lowest BCUT2D eigenvalue weighted by molar-refractivity contribution is -0.271. The number of fused-ring (bicyclic) bond motifs is 1. The Kier molecular flexibility index (Phi) is 8.31. The maximum atomic E-state index is 13.7. The molecule has 5 rings (SSSR count). The highest BCUT2D eigenvalue weighted by Crippen LogP contribution is 2.40. The number of carbonyl (C=O) groups is 1. The first kappa shape index (κ1) is 31.2. The Bertz CT molecular complexity index is 1620. The van der Waals surface area contributed by atoms with Crippen LogP contribution < -0.4 is 14.9 Å². The fourth-order valence-electron chi connectivity index (χ4n) is 4.80. The van der Waals surface area contributed by atoms with Gasteiger partial charge in [0.15, 0.2) is 23.4 Å². The van der Waals surface area contributed by atoms with Crippen LogP contribution in [0.5, 0.6) is 28.7 Å².